The van der Waals surface area contributed by atoms with Crippen LogP contribution in [0, 0.1) is 0 Å². The van der Waals surface area contributed by atoms with Gasteiger partial charge in [0.2, 0.25) is 21.8 Å². The van der Waals surface area contributed by atoms with Gasteiger partial charge in [-0.2, -0.15) is 0 Å². The van der Waals surface area contributed by atoms with Gasteiger partial charge in [-0.25, -0.2) is 12.7 Å². The van der Waals surface area contributed by atoms with E-state index in [1.165, 1.54) is 22.3 Å². The molecule has 2 aromatic heterocycles. The van der Waals surface area contributed by atoms with Gasteiger partial charge in [0.05, 0.1) is 24.8 Å². The van der Waals surface area contributed by atoms with Crippen LogP contribution in [0.4, 0.5) is 0 Å². The summed E-state index contributed by atoms with van der Waals surface area (Å²) < 4.78 is 32.4. The lowest BCUT2D eigenvalue weighted by Gasteiger charge is -2.35. The van der Waals surface area contributed by atoms with Gasteiger partial charge in [-0.3, -0.25) is 9.36 Å². The normalized spacial score (nSPS) is 15.3. The van der Waals surface area contributed by atoms with Crippen molar-refractivity contribution < 1.29 is 17.6 Å². The van der Waals surface area contributed by atoms with Crippen LogP contribution in [0.2, 0.25) is 0 Å². The summed E-state index contributed by atoms with van der Waals surface area (Å²) in [5.74, 6) is 1.48. The molecule has 1 aliphatic heterocycles. The van der Waals surface area contributed by atoms with Crippen molar-refractivity contribution in [2.24, 2.45) is 0 Å². The van der Waals surface area contributed by atoms with Gasteiger partial charge in [0.15, 0.2) is 10.9 Å². The van der Waals surface area contributed by atoms with Crippen LogP contribution >= 0.6 is 11.8 Å². The number of sulfonamides is 1. The number of hydrogen-bond donors (Lipinski definition) is 0. The number of thioether (sulfide) groups is 1. The van der Waals surface area contributed by atoms with Gasteiger partial charge >= 0.3 is 0 Å². The summed E-state index contributed by atoms with van der Waals surface area (Å²) in [6.07, 6.45) is 4.07. The standard InChI is InChI=1S/C22H27N5O4S2/c1-25(33(2,29)30)18-10-12-26(13-11-18)20(28)16-32-22-24-23-21(19-9-6-14-31-19)27(22)15-17-7-4-3-5-8-17/h3-9,14,18H,10-13,15-16H2,1-2H3. The van der Waals surface area contributed by atoms with Crippen molar-refractivity contribution in [2.75, 3.05) is 32.1 Å². The molecule has 0 saturated carbocycles. The average molecular weight is 490 g/mol. The maximum absolute atomic E-state index is 12.8. The Morgan fingerprint density at radius 1 is 1.15 bits per heavy atom. The number of aromatic nitrogens is 3. The largest absolute Gasteiger partial charge is 0.461 e. The van der Waals surface area contributed by atoms with Gasteiger partial charge in [0.25, 0.3) is 0 Å². The first-order chi connectivity index (χ1) is 15.8. The molecule has 3 aromatic rings. The molecule has 0 bridgehead atoms. The fraction of sp³-hybridized carbons (Fsp3) is 0.409. The topological polar surface area (TPSA) is 102 Å². The number of nitrogens with zero attached hydrogens (tertiary/aromatic N) is 5. The van der Waals surface area contributed by atoms with Crippen molar-refractivity contribution in [3.63, 3.8) is 0 Å². The second-order valence-corrected chi connectivity index (χ2v) is 11.0. The van der Waals surface area contributed by atoms with Crippen LogP contribution in [0.25, 0.3) is 11.6 Å². The van der Waals surface area contributed by atoms with E-state index >= 15 is 0 Å². The highest BCUT2D eigenvalue weighted by molar-refractivity contribution is 7.99. The Morgan fingerprint density at radius 3 is 2.52 bits per heavy atom. The monoisotopic (exact) mass is 489 g/mol. The number of carbonyl (C=O) groups excluding carboxylic acids is 1. The molecule has 176 valence electrons. The summed E-state index contributed by atoms with van der Waals surface area (Å²) in [5, 5.41) is 9.27. The van der Waals surface area contributed by atoms with Crippen LogP contribution < -0.4 is 0 Å². The highest BCUT2D eigenvalue weighted by Crippen LogP contribution is 2.26. The third-order valence-corrected chi connectivity index (χ3v) is 8.12. The van der Waals surface area contributed by atoms with E-state index in [-0.39, 0.29) is 17.7 Å². The molecule has 0 spiro atoms. The molecule has 0 atom stereocenters. The third kappa shape index (κ3) is 5.66. The number of rotatable bonds is 8. The highest BCUT2D eigenvalue weighted by atomic mass is 32.2. The Labute approximate surface area is 197 Å². The maximum atomic E-state index is 12.8. The Hall–Kier alpha value is -2.63. The smallest absolute Gasteiger partial charge is 0.233 e. The average Bonchev–Trinajstić information content (AvgIpc) is 3.47. The van der Waals surface area contributed by atoms with E-state index in [1.54, 1.807) is 24.3 Å². The number of furan rings is 1. The Morgan fingerprint density at radius 2 is 1.88 bits per heavy atom. The number of benzene rings is 1. The maximum Gasteiger partial charge on any atom is 0.233 e. The Bertz CT molecular complexity index is 1170. The van der Waals surface area contributed by atoms with E-state index in [2.05, 4.69) is 10.2 Å². The van der Waals surface area contributed by atoms with Gasteiger partial charge in [0.1, 0.15) is 0 Å². The summed E-state index contributed by atoms with van der Waals surface area (Å²) in [6, 6.07) is 13.6. The molecule has 1 amide bonds. The summed E-state index contributed by atoms with van der Waals surface area (Å²) in [6.45, 7) is 1.64. The van der Waals surface area contributed by atoms with Crippen molar-refractivity contribution in [3.8, 4) is 11.6 Å². The van der Waals surface area contributed by atoms with Gasteiger partial charge in [-0.05, 0) is 30.5 Å². The van der Waals surface area contributed by atoms with Crippen molar-refractivity contribution in [1.29, 1.82) is 0 Å². The molecular weight excluding hydrogens is 462 g/mol. The SMILES string of the molecule is CN(C1CCN(C(=O)CSc2nnc(-c3ccco3)n2Cc2ccccc2)CC1)S(C)(=O)=O. The van der Waals surface area contributed by atoms with E-state index < -0.39 is 10.0 Å². The number of piperidine rings is 1. The van der Waals surface area contributed by atoms with E-state index in [9.17, 15) is 13.2 Å². The predicted octanol–water partition coefficient (Wildman–Crippen LogP) is 2.56. The molecule has 11 heteroatoms. The number of hydrogen-bond acceptors (Lipinski definition) is 7. The minimum atomic E-state index is -3.23. The second-order valence-electron chi connectivity index (χ2n) is 8.04. The molecule has 1 fully saturated rings. The number of amides is 1. The molecular formula is C22H27N5O4S2. The zero-order valence-electron chi connectivity index (χ0n) is 18.6. The summed E-state index contributed by atoms with van der Waals surface area (Å²) in [4.78, 5) is 14.6. The van der Waals surface area contributed by atoms with Gasteiger partial charge < -0.3 is 9.32 Å². The summed E-state index contributed by atoms with van der Waals surface area (Å²) in [5.41, 5.74) is 1.09. The van der Waals surface area contributed by atoms with Crippen molar-refractivity contribution in [1.82, 2.24) is 24.0 Å². The Balaban J connectivity index is 1.42. The van der Waals surface area contributed by atoms with Crippen LogP contribution in [0.15, 0.2) is 58.3 Å². The molecule has 4 rings (SSSR count). The highest BCUT2D eigenvalue weighted by Gasteiger charge is 2.29. The van der Waals surface area contributed by atoms with Crippen LogP contribution in [0.5, 0.6) is 0 Å². The fourth-order valence-electron chi connectivity index (χ4n) is 3.86. The van der Waals surface area contributed by atoms with Crippen LogP contribution in [-0.2, 0) is 21.4 Å². The van der Waals surface area contributed by atoms with E-state index in [0.717, 1.165) is 5.56 Å². The minimum Gasteiger partial charge on any atom is -0.461 e. The van der Waals surface area contributed by atoms with Crippen molar-refractivity contribution in [2.45, 2.75) is 30.6 Å². The second kappa shape index (κ2) is 10.1. The van der Waals surface area contributed by atoms with Crippen molar-refractivity contribution >= 4 is 27.7 Å². The first-order valence-electron chi connectivity index (χ1n) is 10.7. The molecule has 0 unspecified atom stereocenters. The number of likely N-dealkylation sites (tertiary alicyclic amines) is 1. The molecule has 0 aliphatic carbocycles. The van der Waals surface area contributed by atoms with E-state index in [0.29, 0.717) is 49.2 Å². The Kier molecular flexibility index (Phi) is 7.20. The third-order valence-electron chi connectivity index (χ3n) is 5.82. The quantitative estimate of drug-likeness (QED) is 0.448. The summed E-state index contributed by atoms with van der Waals surface area (Å²) in [7, 11) is -1.63. The van der Waals surface area contributed by atoms with Crippen LogP contribution in [0.3, 0.4) is 0 Å². The lowest BCUT2D eigenvalue weighted by atomic mass is 10.1. The van der Waals surface area contributed by atoms with Gasteiger partial charge in [-0.1, -0.05) is 42.1 Å². The zero-order chi connectivity index (χ0) is 23.4. The minimum absolute atomic E-state index is 0.00858. The molecule has 33 heavy (non-hydrogen) atoms. The van der Waals surface area contributed by atoms with E-state index in [4.69, 9.17) is 4.42 Å². The number of carbonyl (C=O) groups is 1. The molecule has 1 aliphatic rings. The first kappa shape index (κ1) is 23.5. The van der Waals surface area contributed by atoms with Crippen molar-refractivity contribution in [3.05, 3.63) is 54.3 Å². The molecule has 0 N–H and O–H groups in total. The van der Waals surface area contributed by atoms with Gasteiger partial charge in [-0.15, -0.1) is 10.2 Å². The first-order valence-corrected chi connectivity index (χ1v) is 13.5. The fourth-order valence-corrected chi connectivity index (χ4v) is 5.45. The molecule has 1 saturated heterocycles. The predicted molar refractivity (Wildman–Crippen MR) is 126 cm³/mol. The molecule has 1 aromatic carbocycles. The molecule has 3 heterocycles. The van der Waals surface area contributed by atoms with Crippen LogP contribution in [0.1, 0.15) is 18.4 Å². The lowest BCUT2D eigenvalue weighted by Crippen LogP contribution is -2.47. The lowest BCUT2D eigenvalue weighted by molar-refractivity contribution is -0.129. The van der Waals surface area contributed by atoms with E-state index in [1.807, 2.05) is 41.0 Å². The molecule has 0 radical (unpaired) electrons. The van der Waals surface area contributed by atoms with Gasteiger partial charge in [0, 0.05) is 26.2 Å². The zero-order valence-corrected chi connectivity index (χ0v) is 20.3. The summed E-state index contributed by atoms with van der Waals surface area (Å²) >= 11 is 1.35. The van der Waals surface area contributed by atoms with Crippen LogP contribution in [-0.4, -0.2) is 76.5 Å². The molecule has 9 nitrogen and oxygen atoms in total.